The highest BCUT2D eigenvalue weighted by Gasteiger charge is 2.17. The van der Waals surface area contributed by atoms with Crippen LogP contribution in [0.1, 0.15) is 18.2 Å². The van der Waals surface area contributed by atoms with E-state index in [1.54, 1.807) is 12.3 Å². The number of aromatic nitrogens is 2. The van der Waals surface area contributed by atoms with Gasteiger partial charge in [-0.1, -0.05) is 52.9 Å². The van der Waals surface area contributed by atoms with Gasteiger partial charge in [0.25, 0.3) is 0 Å². The number of hydrogen-bond donors (Lipinski definition) is 2. The fraction of sp³-hybridized carbons (Fsp3) is 0.235. The number of benzene rings is 1. The number of anilines is 1. The van der Waals surface area contributed by atoms with Gasteiger partial charge in [0, 0.05) is 11.6 Å². The van der Waals surface area contributed by atoms with Gasteiger partial charge in [-0.15, -0.1) is 10.2 Å². The molecule has 0 spiro atoms. The standard InChI is InChI=1S/C17H17ClN4O2S2/c1-11(15(23)19-9-12-5-2-3-7-14(12)18)25-17-22-21-16(26-17)20-10-13-6-4-8-24-13/h2-8,11H,9-10H2,1H3,(H,19,23)(H,20,21)/t11-/m0/s1. The molecule has 0 fully saturated rings. The van der Waals surface area contributed by atoms with E-state index in [2.05, 4.69) is 20.8 Å². The zero-order valence-corrected chi connectivity index (χ0v) is 16.3. The van der Waals surface area contributed by atoms with Gasteiger partial charge in [0.15, 0.2) is 4.34 Å². The summed E-state index contributed by atoms with van der Waals surface area (Å²) in [6.07, 6.45) is 1.63. The molecule has 0 radical (unpaired) electrons. The van der Waals surface area contributed by atoms with Gasteiger partial charge in [0.05, 0.1) is 18.1 Å². The van der Waals surface area contributed by atoms with Gasteiger partial charge in [-0.3, -0.25) is 4.79 Å². The number of hydrogen-bond acceptors (Lipinski definition) is 7. The third-order valence-corrected chi connectivity index (χ3v) is 5.89. The largest absolute Gasteiger partial charge is 0.467 e. The minimum absolute atomic E-state index is 0.0739. The Kier molecular flexibility index (Phi) is 6.54. The third-order valence-electron chi connectivity index (χ3n) is 3.46. The van der Waals surface area contributed by atoms with Crippen LogP contribution in [0.4, 0.5) is 5.13 Å². The van der Waals surface area contributed by atoms with E-state index in [0.717, 1.165) is 15.7 Å². The van der Waals surface area contributed by atoms with Gasteiger partial charge in [0.1, 0.15) is 5.76 Å². The third kappa shape index (κ3) is 5.23. The zero-order chi connectivity index (χ0) is 18.4. The molecule has 1 aromatic carbocycles. The van der Waals surface area contributed by atoms with Gasteiger partial charge < -0.3 is 15.1 Å². The van der Waals surface area contributed by atoms with Gasteiger partial charge in [-0.05, 0) is 30.7 Å². The number of thioether (sulfide) groups is 1. The number of halogens is 1. The number of furan rings is 1. The van der Waals surface area contributed by atoms with Crippen LogP contribution in [0.5, 0.6) is 0 Å². The SMILES string of the molecule is C[C@H](Sc1nnc(NCc2ccco2)s1)C(=O)NCc1ccccc1Cl. The molecule has 26 heavy (non-hydrogen) atoms. The zero-order valence-electron chi connectivity index (χ0n) is 13.9. The Morgan fingerprint density at radius 3 is 2.88 bits per heavy atom. The monoisotopic (exact) mass is 408 g/mol. The minimum Gasteiger partial charge on any atom is -0.467 e. The molecule has 2 heterocycles. The Hall–Kier alpha value is -2.03. The Morgan fingerprint density at radius 1 is 1.27 bits per heavy atom. The lowest BCUT2D eigenvalue weighted by atomic mass is 10.2. The van der Waals surface area contributed by atoms with Crippen molar-refractivity contribution >= 4 is 45.7 Å². The number of nitrogens with one attached hydrogen (secondary N) is 2. The Labute approximate surface area is 164 Å². The molecule has 0 saturated carbocycles. The number of amides is 1. The van der Waals surface area contributed by atoms with Gasteiger partial charge in [0.2, 0.25) is 11.0 Å². The molecule has 0 aliphatic rings. The average molecular weight is 409 g/mol. The summed E-state index contributed by atoms with van der Waals surface area (Å²) in [6, 6.07) is 11.2. The highest BCUT2D eigenvalue weighted by atomic mass is 35.5. The van der Waals surface area contributed by atoms with Crippen LogP contribution in [-0.4, -0.2) is 21.4 Å². The van der Waals surface area contributed by atoms with Crippen molar-refractivity contribution in [1.29, 1.82) is 0 Å². The van der Waals surface area contributed by atoms with Crippen LogP contribution in [-0.2, 0) is 17.9 Å². The van der Waals surface area contributed by atoms with E-state index in [9.17, 15) is 4.79 Å². The molecular weight excluding hydrogens is 392 g/mol. The lowest BCUT2D eigenvalue weighted by Crippen LogP contribution is -2.30. The summed E-state index contributed by atoms with van der Waals surface area (Å²) in [5, 5.41) is 15.3. The highest BCUT2D eigenvalue weighted by Crippen LogP contribution is 2.29. The Bertz CT molecular complexity index is 854. The lowest BCUT2D eigenvalue weighted by molar-refractivity contribution is -0.120. The van der Waals surface area contributed by atoms with E-state index < -0.39 is 0 Å². The van der Waals surface area contributed by atoms with Crippen LogP contribution in [0, 0.1) is 0 Å². The quantitative estimate of drug-likeness (QED) is 0.544. The summed E-state index contributed by atoms with van der Waals surface area (Å²) in [4.78, 5) is 12.3. The predicted molar refractivity (Wildman–Crippen MR) is 105 cm³/mol. The van der Waals surface area contributed by atoms with Crippen molar-refractivity contribution in [3.05, 3.63) is 59.0 Å². The summed E-state index contributed by atoms with van der Waals surface area (Å²) < 4.78 is 5.99. The second kappa shape index (κ2) is 9.07. The fourth-order valence-corrected chi connectivity index (χ4v) is 4.20. The predicted octanol–water partition coefficient (Wildman–Crippen LogP) is 4.19. The van der Waals surface area contributed by atoms with E-state index in [1.165, 1.54) is 23.1 Å². The lowest BCUT2D eigenvalue weighted by Gasteiger charge is -2.11. The second-order valence-electron chi connectivity index (χ2n) is 5.38. The molecule has 0 aliphatic heterocycles. The summed E-state index contributed by atoms with van der Waals surface area (Å²) in [5.41, 5.74) is 0.889. The number of nitrogens with zero attached hydrogens (tertiary/aromatic N) is 2. The Balaban J connectivity index is 1.47. The summed E-state index contributed by atoms with van der Waals surface area (Å²) in [7, 11) is 0. The topological polar surface area (TPSA) is 80.1 Å². The molecule has 6 nitrogen and oxygen atoms in total. The van der Waals surface area contributed by atoms with Crippen LogP contribution in [0.15, 0.2) is 51.4 Å². The van der Waals surface area contributed by atoms with Crippen molar-refractivity contribution in [2.75, 3.05) is 5.32 Å². The van der Waals surface area contributed by atoms with Crippen LogP contribution < -0.4 is 10.6 Å². The molecule has 3 rings (SSSR count). The van der Waals surface area contributed by atoms with E-state index in [0.29, 0.717) is 23.2 Å². The first-order valence-electron chi connectivity index (χ1n) is 7.89. The number of rotatable bonds is 8. The molecule has 3 aromatic rings. The van der Waals surface area contributed by atoms with Gasteiger partial charge in [-0.2, -0.15) is 0 Å². The summed E-state index contributed by atoms with van der Waals surface area (Å²) >= 11 is 8.88. The van der Waals surface area contributed by atoms with Crippen molar-refractivity contribution in [3.63, 3.8) is 0 Å². The van der Waals surface area contributed by atoms with Crippen molar-refractivity contribution in [3.8, 4) is 0 Å². The summed E-state index contributed by atoms with van der Waals surface area (Å²) in [5.74, 6) is 0.747. The normalized spacial score (nSPS) is 11.9. The van der Waals surface area contributed by atoms with Gasteiger partial charge in [-0.25, -0.2) is 0 Å². The van der Waals surface area contributed by atoms with Crippen molar-refractivity contribution in [2.24, 2.45) is 0 Å². The first-order chi connectivity index (χ1) is 12.6. The maximum Gasteiger partial charge on any atom is 0.233 e. The molecule has 0 aliphatic carbocycles. The molecule has 2 aromatic heterocycles. The van der Waals surface area contributed by atoms with Crippen molar-refractivity contribution < 1.29 is 9.21 Å². The smallest absolute Gasteiger partial charge is 0.233 e. The molecule has 0 bridgehead atoms. The molecule has 0 unspecified atom stereocenters. The van der Waals surface area contributed by atoms with Crippen LogP contribution >= 0.6 is 34.7 Å². The molecular formula is C17H17ClN4O2S2. The van der Waals surface area contributed by atoms with Crippen molar-refractivity contribution in [2.45, 2.75) is 29.6 Å². The first kappa shape index (κ1) is 18.8. The maximum absolute atomic E-state index is 12.3. The van der Waals surface area contributed by atoms with Crippen molar-refractivity contribution in [1.82, 2.24) is 15.5 Å². The molecule has 1 amide bonds. The summed E-state index contributed by atoms with van der Waals surface area (Å²) in [6.45, 7) is 2.78. The fourth-order valence-electron chi connectivity index (χ4n) is 2.08. The van der Waals surface area contributed by atoms with Crippen LogP contribution in [0.2, 0.25) is 5.02 Å². The highest BCUT2D eigenvalue weighted by molar-refractivity contribution is 8.02. The van der Waals surface area contributed by atoms with E-state index in [-0.39, 0.29) is 11.2 Å². The van der Waals surface area contributed by atoms with Gasteiger partial charge >= 0.3 is 0 Å². The maximum atomic E-state index is 12.3. The molecule has 0 saturated heterocycles. The molecule has 9 heteroatoms. The molecule has 2 N–H and O–H groups in total. The number of carbonyl (C=O) groups excluding carboxylic acids is 1. The second-order valence-corrected chi connectivity index (χ2v) is 8.35. The van der Waals surface area contributed by atoms with E-state index >= 15 is 0 Å². The first-order valence-corrected chi connectivity index (χ1v) is 9.97. The Morgan fingerprint density at radius 2 is 2.12 bits per heavy atom. The van der Waals surface area contributed by atoms with E-state index in [1.807, 2.05) is 37.3 Å². The molecule has 1 atom stereocenters. The molecule has 136 valence electrons. The number of carbonyl (C=O) groups is 1. The van der Waals surface area contributed by atoms with Crippen LogP contribution in [0.3, 0.4) is 0 Å². The average Bonchev–Trinajstić information content (AvgIpc) is 3.30. The van der Waals surface area contributed by atoms with E-state index in [4.69, 9.17) is 16.0 Å². The minimum atomic E-state index is -0.289. The van der Waals surface area contributed by atoms with Crippen LogP contribution in [0.25, 0.3) is 0 Å².